The van der Waals surface area contributed by atoms with Crippen LogP contribution in [0.2, 0.25) is 0 Å². The topological polar surface area (TPSA) is 39.1 Å². The zero-order valence-electron chi connectivity index (χ0n) is 13.6. The number of hydrogen-bond donors (Lipinski definition) is 1. The third-order valence-electron chi connectivity index (χ3n) is 3.41. The average molecular weight is 299 g/mol. The highest BCUT2D eigenvalue weighted by molar-refractivity contribution is 7.99. The Labute approximate surface area is 127 Å². The van der Waals surface area contributed by atoms with Gasteiger partial charge in [-0.15, -0.1) is 0 Å². The van der Waals surface area contributed by atoms with Crippen molar-refractivity contribution >= 4 is 11.8 Å². The minimum Gasteiger partial charge on any atom is -0.493 e. The van der Waals surface area contributed by atoms with Crippen LogP contribution in [0.3, 0.4) is 0 Å². The lowest BCUT2D eigenvalue weighted by Gasteiger charge is -2.23. The van der Waals surface area contributed by atoms with Gasteiger partial charge in [0.2, 0.25) is 0 Å². The zero-order valence-corrected chi connectivity index (χ0v) is 14.5. The lowest BCUT2D eigenvalue weighted by atomic mass is 10.2. The lowest BCUT2D eigenvalue weighted by molar-refractivity contribution is 0.391. The molecular formula is C15H29N3OS. The van der Waals surface area contributed by atoms with Crippen LogP contribution in [-0.4, -0.2) is 34.4 Å². The number of nitrogens with zero attached hydrogens (tertiary/aromatic N) is 2. The van der Waals surface area contributed by atoms with Crippen LogP contribution in [0, 0.1) is 0 Å². The van der Waals surface area contributed by atoms with Gasteiger partial charge in [-0.05, 0) is 26.8 Å². The number of nitrogens with one attached hydrogen (secondary N) is 1. The first-order valence-electron chi connectivity index (χ1n) is 7.51. The highest BCUT2D eigenvalue weighted by Crippen LogP contribution is 2.31. The van der Waals surface area contributed by atoms with E-state index in [0.29, 0.717) is 11.3 Å². The molecule has 0 radical (unpaired) electrons. The van der Waals surface area contributed by atoms with Crippen LogP contribution in [0.4, 0.5) is 0 Å². The van der Waals surface area contributed by atoms with Crippen LogP contribution >= 0.6 is 11.8 Å². The van der Waals surface area contributed by atoms with Crippen molar-refractivity contribution in [2.45, 2.75) is 58.4 Å². The highest BCUT2D eigenvalue weighted by atomic mass is 32.2. The van der Waals surface area contributed by atoms with Crippen LogP contribution < -0.4 is 10.1 Å². The van der Waals surface area contributed by atoms with Crippen molar-refractivity contribution in [2.24, 2.45) is 0 Å². The molecule has 1 aromatic rings. The number of aromatic nitrogens is 2. The second-order valence-corrected chi connectivity index (χ2v) is 6.77. The maximum atomic E-state index is 5.50. The molecule has 1 aromatic heterocycles. The second-order valence-electron chi connectivity index (χ2n) is 5.30. The van der Waals surface area contributed by atoms with Crippen LogP contribution in [0.5, 0.6) is 5.75 Å². The van der Waals surface area contributed by atoms with E-state index in [1.807, 2.05) is 18.0 Å². The summed E-state index contributed by atoms with van der Waals surface area (Å²) in [7, 11) is 1.72. The second kappa shape index (κ2) is 8.57. The first kappa shape index (κ1) is 17.4. The first-order valence-corrected chi connectivity index (χ1v) is 8.56. The minimum absolute atomic E-state index is 0.277. The third kappa shape index (κ3) is 4.42. The molecule has 0 saturated heterocycles. The molecule has 1 rings (SSSR count). The van der Waals surface area contributed by atoms with Crippen molar-refractivity contribution < 1.29 is 4.74 Å². The summed E-state index contributed by atoms with van der Waals surface area (Å²) in [6, 6.07) is 0.613. The highest BCUT2D eigenvalue weighted by Gasteiger charge is 2.23. The van der Waals surface area contributed by atoms with E-state index in [4.69, 9.17) is 4.74 Å². The molecule has 0 saturated carbocycles. The van der Waals surface area contributed by atoms with Gasteiger partial charge in [0.05, 0.1) is 25.0 Å². The van der Waals surface area contributed by atoms with E-state index < -0.39 is 0 Å². The Hall–Kier alpha value is -0.680. The summed E-state index contributed by atoms with van der Waals surface area (Å²) >= 11 is 2.00. The van der Waals surface area contributed by atoms with E-state index in [1.165, 1.54) is 12.1 Å². The van der Waals surface area contributed by atoms with Crippen molar-refractivity contribution in [3.05, 3.63) is 11.9 Å². The smallest absolute Gasteiger partial charge is 0.161 e. The summed E-state index contributed by atoms with van der Waals surface area (Å²) in [6.45, 7) is 11.9. The summed E-state index contributed by atoms with van der Waals surface area (Å²) in [4.78, 5) is 0. The molecule has 5 heteroatoms. The van der Waals surface area contributed by atoms with Crippen molar-refractivity contribution in [3.8, 4) is 5.75 Å². The molecule has 2 atom stereocenters. The first-order chi connectivity index (χ1) is 9.54. The fourth-order valence-corrected chi connectivity index (χ4v) is 3.15. The molecule has 20 heavy (non-hydrogen) atoms. The Morgan fingerprint density at radius 1 is 1.35 bits per heavy atom. The molecule has 0 spiro atoms. The van der Waals surface area contributed by atoms with Gasteiger partial charge in [-0.2, -0.15) is 16.9 Å². The largest absolute Gasteiger partial charge is 0.493 e. The van der Waals surface area contributed by atoms with Crippen LogP contribution in [-0.2, 0) is 0 Å². The van der Waals surface area contributed by atoms with E-state index in [2.05, 4.69) is 49.7 Å². The fraction of sp³-hybridized carbons (Fsp3) is 0.800. The lowest BCUT2D eigenvalue weighted by Crippen LogP contribution is -2.27. The van der Waals surface area contributed by atoms with E-state index in [1.54, 1.807) is 7.11 Å². The van der Waals surface area contributed by atoms with Gasteiger partial charge < -0.3 is 10.1 Å². The van der Waals surface area contributed by atoms with Gasteiger partial charge in [-0.1, -0.05) is 20.8 Å². The summed E-state index contributed by atoms with van der Waals surface area (Å²) in [5.74, 6) is 1.92. The van der Waals surface area contributed by atoms with E-state index in [-0.39, 0.29) is 6.04 Å². The third-order valence-corrected chi connectivity index (χ3v) is 4.84. The van der Waals surface area contributed by atoms with Crippen molar-refractivity contribution in [1.82, 2.24) is 15.1 Å². The quantitative estimate of drug-likeness (QED) is 0.755. The molecule has 0 amide bonds. The number of ether oxygens (including phenoxy) is 1. The number of rotatable bonds is 9. The maximum absolute atomic E-state index is 5.50. The molecule has 0 aliphatic rings. The molecule has 116 valence electrons. The Kier molecular flexibility index (Phi) is 7.45. The predicted octanol–water partition coefficient (Wildman–Crippen LogP) is 3.65. The molecule has 0 bridgehead atoms. The standard InChI is InChI=1S/C15H29N3OS/c1-7-12(5)20-10-13(16-8-2)15-14(19-6)9-17-18(15)11(3)4/h9,11-13,16H,7-8,10H2,1-6H3. The Morgan fingerprint density at radius 2 is 2.05 bits per heavy atom. The monoisotopic (exact) mass is 299 g/mol. The Balaban J connectivity index is 2.97. The molecule has 1 N–H and O–H groups in total. The number of methoxy groups -OCH3 is 1. The molecule has 0 aliphatic carbocycles. The fourth-order valence-electron chi connectivity index (χ4n) is 2.12. The van der Waals surface area contributed by atoms with Gasteiger partial charge >= 0.3 is 0 Å². The van der Waals surface area contributed by atoms with Gasteiger partial charge in [-0.3, -0.25) is 4.68 Å². The van der Waals surface area contributed by atoms with Gasteiger partial charge in [0.1, 0.15) is 0 Å². The molecular weight excluding hydrogens is 270 g/mol. The Morgan fingerprint density at radius 3 is 2.55 bits per heavy atom. The van der Waals surface area contributed by atoms with E-state index in [0.717, 1.165) is 18.0 Å². The van der Waals surface area contributed by atoms with Crippen LogP contribution in [0.25, 0.3) is 0 Å². The van der Waals surface area contributed by atoms with Gasteiger partial charge in [-0.25, -0.2) is 0 Å². The van der Waals surface area contributed by atoms with Gasteiger partial charge in [0.15, 0.2) is 5.75 Å². The normalized spacial score (nSPS) is 14.6. The molecule has 4 nitrogen and oxygen atoms in total. The molecule has 2 unspecified atom stereocenters. The molecule has 1 heterocycles. The van der Waals surface area contributed by atoms with Crippen LogP contribution in [0.1, 0.15) is 58.8 Å². The minimum atomic E-state index is 0.277. The van der Waals surface area contributed by atoms with Crippen molar-refractivity contribution in [1.29, 1.82) is 0 Å². The summed E-state index contributed by atoms with van der Waals surface area (Å²) < 4.78 is 7.58. The maximum Gasteiger partial charge on any atom is 0.161 e. The van der Waals surface area contributed by atoms with Gasteiger partial charge in [0, 0.05) is 17.0 Å². The molecule has 0 aromatic carbocycles. The van der Waals surface area contributed by atoms with Crippen molar-refractivity contribution in [3.63, 3.8) is 0 Å². The molecule has 0 aliphatic heterocycles. The number of thioether (sulfide) groups is 1. The average Bonchev–Trinajstić information content (AvgIpc) is 2.86. The summed E-state index contributed by atoms with van der Waals surface area (Å²) in [6.07, 6.45) is 3.03. The zero-order chi connectivity index (χ0) is 15.1. The van der Waals surface area contributed by atoms with Crippen LogP contribution in [0.15, 0.2) is 6.20 Å². The summed E-state index contributed by atoms with van der Waals surface area (Å²) in [5, 5.41) is 8.73. The van der Waals surface area contributed by atoms with E-state index >= 15 is 0 Å². The van der Waals surface area contributed by atoms with Crippen molar-refractivity contribution in [2.75, 3.05) is 19.4 Å². The summed E-state index contributed by atoms with van der Waals surface area (Å²) in [5.41, 5.74) is 1.17. The van der Waals surface area contributed by atoms with Gasteiger partial charge in [0.25, 0.3) is 0 Å². The number of hydrogen-bond acceptors (Lipinski definition) is 4. The predicted molar refractivity (Wildman–Crippen MR) is 87.8 cm³/mol. The SMILES string of the molecule is CCNC(CSC(C)CC)c1c(OC)cnn1C(C)C. The van der Waals surface area contributed by atoms with E-state index in [9.17, 15) is 0 Å². The Bertz CT molecular complexity index is 392. The molecule has 0 fully saturated rings.